The summed E-state index contributed by atoms with van der Waals surface area (Å²) in [6.45, 7) is 10.3. The molecule has 1 atom stereocenters. The summed E-state index contributed by atoms with van der Waals surface area (Å²) in [6, 6.07) is 21.1. The maximum absolute atomic E-state index is 13.9. The largest absolute Gasteiger partial charge is 0.301 e. The van der Waals surface area contributed by atoms with Crippen LogP contribution in [0.25, 0.3) is 0 Å². The molecule has 1 saturated heterocycles. The molecule has 4 heteroatoms. The number of carbonyl (C=O) groups is 2. The number of rotatable bonds is 4. The lowest BCUT2D eigenvalue weighted by Gasteiger charge is -2.41. The first-order valence-corrected chi connectivity index (χ1v) is 11.1. The van der Waals surface area contributed by atoms with E-state index in [1.807, 2.05) is 75.4 Å². The van der Waals surface area contributed by atoms with Gasteiger partial charge in [-0.25, -0.2) is 0 Å². The van der Waals surface area contributed by atoms with Crippen molar-refractivity contribution in [3.8, 4) is 0 Å². The number of benzene rings is 3. The lowest BCUT2D eigenvalue weighted by molar-refractivity contribution is -0.128. The number of amides is 2. The second kappa shape index (κ2) is 8.62. The maximum Gasteiger partial charge on any atom is 0.255 e. The fraction of sp³-hybridized carbons (Fsp3) is 0.286. The zero-order valence-corrected chi connectivity index (χ0v) is 19.4. The first-order valence-electron chi connectivity index (χ1n) is 11.1. The molecular formula is C28H30N2O2. The van der Waals surface area contributed by atoms with Crippen LogP contribution in [0.5, 0.6) is 0 Å². The minimum atomic E-state index is -0.708. The van der Waals surface area contributed by atoms with Gasteiger partial charge in [-0.15, -0.1) is 0 Å². The Labute approximate surface area is 190 Å². The van der Waals surface area contributed by atoms with E-state index in [-0.39, 0.29) is 18.4 Å². The molecule has 0 radical (unpaired) electrons. The van der Waals surface area contributed by atoms with Gasteiger partial charge in [-0.1, -0.05) is 67.9 Å². The average Bonchev–Trinajstić information content (AvgIpc) is 2.78. The Morgan fingerprint density at radius 3 is 2.12 bits per heavy atom. The van der Waals surface area contributed by atoms with Crippen molar-refractivity contribution in [3.05, 3.63) is 94.5 Å². The van der Waals surface area contributed by atoms with Crippen LogP contribution in [0.3, 0.4) is 0 Å². The molecule has 2 amide bonds. The second-order valence-corrected chi connectivity index (χ2v) is 8.97. The topological polar surface area (TPSA) is 40.6 Å². The SMILES string of the molecule is Cc1ccc(N2C(=O)CN(c3cccc(C)c3C)C(=O)[C@H]2c2ccc(C(C)C)cc2)cc1. The summed E-state index contributed by atoms with van der Waals surface area (Å²) >= 11 is 0. The van der Waals surface area contributed by atoms with Crippen molar-refractivity contribution in [1.29, 1.82) is 0 Å². The normalized spacial score (nSPS) is 16.8. The number of nitrogens with zero attached hydrogens (tertiary/aromatic N) is 2. The van der Waals surface area contributed by atoms with E-state index in [0.29, 0.717) is 5.92 Å². The van der Waals surface area contributed by atoms with Crippen molar-refractivity contribution in [3.63, 3.8) is 0 Å². The molecule has 1 aliphatic heterocycles. The molecule has 0 saturated carbocycles. The predicted octanol–water partition coefficient (Wildman–Crippen LogP) is 5.86. The molecule has 0 spiro atoms. The highest BCUT2D eigenvalue weighted by molar-refractivity contribution is 6.14. The Kier molecular flexibility index (Phi) is 5.88. The highest BCUT2D eigenvalue weighted by Crippen LogP contribution is 2.36. The molecule has 0 aromatic heterocycles. The number of aryl methyl sites for hydroxylation is 2. The summed E-state index contributed by atoms with van der Waals surface area (Å²) in [5.74, 6) is 0.218. The van der Waals surface area contributed by atoms with Crippen LogP contribution >= 0.6 is 0 Å². The van der Waals surface area contributed by atoms with Gasteiger partial charge in [0.25, 0.3) is 5.91 Å². The number of piperazine rings is 1. The molecule has 4 rings (SSSR count). The summed E-state index contributed by atoms with van der Waals surface area (Å²) in [6.07, 6.45) is 0. The molecule has 0 N–H and O–H groups in total. The van der Waals surface area contributed by atoms with Crippen molar-refractivity contribution in [2.75, 3.05) is 16.3 Å². The summed E-state index contributed by atoms with van der Waals surface area (Å²) in [5.41, 5.74) is 6.80. The van der Waals surface area contributed by atoms with Gasteiger partial charge in [-0.05, 0) is 67.1 Å². The second-order valence-electron chi connectivity index (χ2n) is 8.97. The Hall–Kier alpha value is -3.40. The van der Waals surface area contributed by atoms with Crippen molar-refractivity contribution >= 4 is 23.2 Å². The third-order valence-corrected chi connectivity index (χ3v) is 6.42. The van der Waals surface area contributed by atoms with E-state index in [4.69, 9.17) is 0 Å². The first-order chi connectivity index (χ1) is 15.3. The Morgan fingerprint density at radius 1 is 0.844 bits per heavy atom. The lowest BCUT2D eigenvalue weighted by Crippen LogP contribution is -2.56. The van der Waals surface area contributed by atoms with Crippen LogP contribution in [0.15, 0.2) is 66.7 Å². The van der Waals surface area contributed by atoms with Crippen molar-refractivity contribution in [2.45, 2.75) is 46.6 Å². The quantitative estimate of drug-likeness (QED) is 0.524. The Bertz CT molecular complexity index is 1150. The fourth-order valence-corrected chi connectivity index (χ4v) is 4.28. The molecule has 32 heavy (non-hydrogen) atoms. The molecule has 3 aromatic carbocycles. The smallest absolute Gasteiger partial charge is 0.255 e. The molecule has 3 aromatic rings. The number of hydrogen-bond donors (Lipinski definition) is 0. The summed E-state index contributed by atoms with van der Waals surface area (Å²) < 4.78 is 0. The third-order valence-electron chi connectivity index (χ3n) is 6.42. The molecule has 1 heterocycles. The van der Waals surface area contributed by atoms with Gasteiger partial charge < -0.3 is 4.90 Å². The standard InChI is InChI=1S/C28H30N2O2/c1-18(2)22-11-13-23(14-12-22)27-28(32)29(25-8-6-7-20(4)21(25)5)17-26(31)30(27)24-15-9-19(3)10-16-24/h6-16,18,27H,17H2,1-5H3/t27-/m1/s1. The van der Waals surface area contributed by atoms with Gasteiger partial charge in [0, 0.05) is 11.4 Å². The van der Waals surface area contributed by atoms with E-state index in [1.165, 1.54) is 5.56 Å². The maximum atomic E-state index is 13.9. The van der Waals surface area contributed by atoms with E-state index in [2.05, 4.69) is 26.0 Å². The molecule has 1 fully saturated rings. The van der Waals surface area contributed by atoms with Crippen molar-refractivity contribution < 1.29 is 9.59 Å². The van der Waals surface area contributed by atoms with E-state index in [9.17, 15) is 9.59 Å². The lowest BCUT2D eigenvalue weighted by atomic mass is 9.95. The van der Waals surface area contributed by atoms with E-state index < -0.39 is 6.04 Å². The van der Waals surface area contributed by atoms with Gasteiger partial charge in [-0.3, -0.25) is 14.5 Å². The van der Waals surface area contributed by atoms with Crippen LogP contribution in [0, 0.1) is 20.8 Å². The average molecular weight is 427 g/mol. The van der Waals surface area contributed by atoms with E-state index >= 15 is 0 Å². The minimum absolute atomic E-state index is 0.0254. The molecule has 164 valence electrons. The van der Waals surface area contributed by atoms with Gasteiger partial charge in [0.1, 0.15) is 12.6 Å². The van der Waals surface area contributed by atoms with Crippen LogP contribution in [-0.4, -0.2) is 18.4 Å². The third kappa shape index (κ3) is 3.93. The van der Waals surface area contributed by atoms with Gasteiger partial charge in [0.15, 0.2) is 0 Å². The van der Waals surface area contributed by atoms with Gasteiger partial charge in [0.2, 0.25) is 5.91 Å². The van der Waals surface area contributed by atoms with Crippen LogP contribution < -0.4 is 9.80 Å². The minimum Gasteiger partial charge on any atom is -0.301 e. The van der Waals surface area contributed by atoms with Crippen molar-refractivity contribution in [2.24, 2.45) is 0 Å². The van der Waals surface area contributed by atoms with Crippen LogP contribution in [0.2, 0.25) is 0 Å². The van der Waals surface area contributed by atoms with E-state index in [0.717, 1.165) is 33.6 Å². The van der Waals surface area contributed by atoms with Gasteiger partial charge in [-0.2, -0.15) is 0 Å². The predicted molar refractivity (Wildman–Crippen MR) is 130 cm³/mol. The molecule has 0 unspecified atom stereocenters. The highest BCUT2D eigenvalue weighted by Gasteiger charge is 2.42. The van der Waals surface area contributed by atoms with E-state index in [1.54, 1.807) is 9.80 Å². The molecule has 0 aliphatic carbocycles. The molecule has 1 aliphatic rings. The highest BCUT2D eigenvalue weighted by atomic mass is 16.2. The summed E-state index contributed by atoms with van der Waals surface area (Å²) in [4.78, 5) is 30.7. The van der Waals surface area contributed by atoms with Crippen LogP contribution in [0.4, 0.5) is 11.4 Å². The zero-order chi connectivity index (χ0) is 23.0. The summed E-state index contributed by atoms with van der Waals surface area (Å²) in [7, 11) is 0. The Balaban J connectivity index is 1.83. The Morgan fingerprint density at radius 2 is 1.50 bits per heavy atom. The summed E-state index contributed by atoms with van der Waals surface area (Å²) in [5, 5.41) is 0. The monoisotopic (exact) mass is 426 g/mol. The number of carbonyl (C=O) groups excluding carboxylic acids is 2. The molecular weight excluding hydrogens is 396 g/mol. The fourth-order valence-electron chi connectivity index (χ4n) is 4.28. The van der Waals surface area contributed by atoms with Crippen LogP contribution in [-0.2, 0) is 9.59 Å². The number of hydrogen-bond acceptors (Lipinski definition) is 2. The molecule has 4 nitrogen and oxygen atoms in total. The van der Waals surface area contributed by atoms with Gasteiger partial charge >= 0.3 is 0 Å². The van der Waals surface area contributed by atoms with Crippen LogP contribution in [0.1, 0.15) is 53.6 Å². The van der Waals surface area contributed by atoms with Crippen molar-refractivity contribution in [1.82, 2.24) is 0 Å². The van der Waals surface area contributed by atoms with Gasteiger partial charge in [0.05, 0.1) is 0 Å². The molecule has 0 bridgehead atoms. The zero-order valence-electron chi connectivity index (χ0n) is 19.4. The number of anilines is 2. The first kappa shape index (κ1) is 21.8.